The van der Waals surface area contributed by atoms with Crippen molar-refractivity contribution in [3.05, 3.63) is 42.0 Å². The lowest BCUT2D eigenvalue weighted by molar-refractivity contribution is -0.293. The molecule has 4 N–H and O–H groups in total. The Bertz CT molecular complexity index is 836. The van der Waals surface area contributed by atoms with E-state index in [1.807, 2.05) is 30.3 Å². The maximum atomic E-state index is 12.5. The predicted molar refractivity (Wildman–Crippen MR) is 98.8 cm³/mol. The van der Waals surface area contributed by atoms with Crippen LogP contribution in [0.2, 0.25) is 0 Å². The number of hydrogen-bond donors (Lipinski definition) is 4. The van der Waals surface area contributed by atoms with Crippen molar-refractivity contribution < 1.29 is 39.4 Å². The van der Waals surface area contributed by atoms with Crippen LogP contribution in [0.4, 0.5) is 0 Å². The number of rotatable bonds is 5. The topological polar surface area (TPSA) is 126 Å². The molecular formula is C20H24O8. The summed E-state index contributed by atoms with van der Waals surface area (Å²) in [5.41, 5.74) is 0.701. The smallest absolute Gasteiger partial charge is 0.315 e. The lowest BCUT2D eigenvalue weighted by Crippen LogP contribution is -2.59. The SMILES string of the molecule is COc1ccc2cc([C@H](C)C(=O)O[C@@H]3O[C@H](CO)[C@@H](O)[C@H](O)[C@H]3O)ccc2c1. The first-order valence-corrected chi connectivity index (χ1v) is 8.94. The minimum absolute atomic E-state index is 0.595. The molecule has 1 fully saturated rings. The summed E-state index contributed by atoms with van der Waals surface area (Å²) in [5.74, 6) is -0.605. The zero-order valence-electron chi connectivity index (χ0n) is 15.6. The molecule has 0 aromatic heterocycles. The molecule has 2 aromatic rings. The predicted octanol–water partition coefficient (Wildman–Crippen LogP) is 0.295. The second-order valence-corrected chi connectivity index (χ2v) is 6.83. The van der Waals surface area contributed by atoms with Crippen molar-refractivity contribution in [3.63, 3.8) is 0 Å². The van der Waals surface area contributed by atoms with Gasteiger partial charge in [-0.15, -0.1) is 0 Å². The summed E-state index contributed by atoms with van der Waals surface area (Å²) in [6.07, 6.45) is -7.37. The van der Waals surface area contributed by atoms with Crippen LogP contribution >= 0.6 is 0 Å². The summed E-state index contributed by atoms with van der Waals surface area (Å²) in [5, 5.41) is 40.7. The van der Waals surface area contributed by atoms with Gasteiger partial charge in [-0.2, -0.15) is 0 Å². The second kappa shape index (κ2) is 8.42. The number of carbonyl (C=O) groups is 1. The van der Waals surface area contributed by atoms with Crippen molar-refractivity contribution in [2.45, 2.75) is 43.5 Å². The Balaban J connectivity index is 1.74. The molecule has 8 nitrogen and oxygen atoms in total. The Kier molecular flexibility index (Phi) is 6.17. The Morgan fingerprint density at radius 1 is 1.07 bits per heavy atom. The first kappa shape index (κ1) is 20.5. The third-order valence-electron chi connectivity index (χ3n) is 5.01. The van der Waals surface area contributed by atoms with Crippen LogP contribution in [-0.2, 0) is 14.3 Å². The summed E-state index contributed by atoms with van der Waals surface area (Å²) in [6.45, 7) is 1.06. The summed E-state index contributed by atoms with van der Waals surface area (Å²) < 4.78 is 15.6. The third kappa shape index (κ3) is 3.96. The van der Waals surface area contributed by atoms with E-state index in [1.54, 1.807) is 20.1 Å². The van der Waals surface area contributed by atoms with Crippen LogP contribution < -0.4 is 4.74 Å². The molecule has 1 heterocycles. The highest BCUT2D eigenvalue weighted by Crippen LogP contribution is 2.28. The minimum atomic E-state index is -1.63. The molecule has 0 bridgehead atoms. The number of esters is 1. The zero-order chi connectivity index (χ0) is 20.4. The highest BCUT2D eigenvalue weighted by Gasteiger charge is 2.45. The van der Waals surface area contributed by atoms with Crippen molar-refractivity contribution in [3.8, 4) is 5.75 Å². The van der Waals surface area contributed by atoms with Crippen molar-refractivity contribution in [2.24, 2.45) is 0 Å². The molecule has 0 saturated carbocycles. The van der Waals surface area contributed by atoms with Gasteiger partial charge in [0.1, 0.15) is 30.2 Å². The molecule has 0 radical (unpaired) electrons. The van der Waals surface area contributed by atoms with Crippen molar-refractivity contribution in [1.82, 2.24) is 0 Å². The van der Waals surface area contributed by atoms with Crippen LogP contribution in [-0.4, -0.2) is 70.8 Å². The van der Waals surface area contributed by atoms with E-state index in [4.69, 9.17) is 14.2 Å². The molecule has 1 aliphatic rings. The third-order valence-corrected chi connectivity index (χ3v) is 5.01. The molecule has 3 rings (SSSR count). The van der Waals surface area contributed by atoms with Crippen LogP contribution in [0.3, 0.4) is 0 Å². The first-order chi connectivity index (χ1) is 13.3. The zero-order valence-corrected chi connectivity index (χ0v) is 15.6. The number of hydrogen-bond acceptors (Lipinski definition) is 8. The summed E-state index contributed by atoms with van der Waals surface area (Å²) in [6, 6.07) is 11.1. The van der Waals surface area contributed by atoms with Gasteiger partial charge in [-0.05, 0) is 35.4 Å². The van der Waals surface area contributed by atoms with Crippen molar-refractivity contribution in [2.75, 3.05) is 13.7 Å². The van der Waals surface area contributed by atoms with Gasteiger partial charge in [0.25, 0.3) is 0 Å². The van der Waals surface area contributed by atoms with E-state index < -0.39 is 49.2 Å². The molecule has 0 spiro atoms. The van der Waals surface area contributed by atoms with Crippen LogP contribution in [0.1, 0.15) is 18.4 Å². The number of carbonyl (C=O) groups excluding carboxylic acids is 1. The molecule has 28 heavy (non-hydrogen) atoms. The van der Waals surface area contributed by atoms with Crippen LogP contribution in [0.15, 0.2) is 36.4 Å². The highest BCUT2D eigenvalue weighted by atomic mass is 16.7. The number of methoxy groups -OCH3 is 1. The molecule has 0 unspecified atom stereocenters. The summed E-state index contributed by atoms with van der Waals surface area (Å²) in [4.78, 5) is 12.5. The summed E-state index contributed by atoms with van der Waals surface area (Å²) >= 11 is 0. The number of fused-ring (bicyclic) bond motifs is 1. The van der Waals surface area contributed by atoms with Gasteiger partial charge in [0.2, 0.25) is 6.29 Å². The molecule has 0 amide bonds. The lowest BCUT2D eigenvalue weighted by Gasteiger charge is -2.39. The van der Waals surface area contributed by atoms with E-state index in [1.165, 1.54) is 0 Å². The van der Waals surface area contributed by atoms with E-state index in [0.717, 1.165) is 16.5 Å². The number of aliphatic hydroxyl groups excluding tert-OH is 4. The van der Waals surface area contributed by atoms with Gasteiger partial charge < -0.3 is 34.6 Å². The molecule has 0 aliphatic carbocycles. The Labute approximate surface area is 161 Å². The van der Waals surface area contributed by atoms with Crippen molar-refractivity contribution in [1.29, 1.82) is 0 Å². The molecular weight excluding hydrogens is 368 g/mol. The van der Waals surface area contributed by atoms with Gasteiger partial charge in [-0.1, -0.05) is 24.3 Å². The van der Waals surface area contributed by atoms with Gasteiger partial charge in [0.15, 0.2) is 0 Å². The normalized spacial score (nSPS) is 28.7. The maximum Gasteiger partial charge on any atom is 0.315 e. The number of ether oxygens (including phenoxy) is 3. The first-order valence-electron chi connectivity index (χ1n) is 8.94. The van der Waals surface area contributed by atoms with E-state index in [0.29, 0.717) is 5.56 Å². The van der Waals surface area contributed by atoms with E-state index in [-0.39, 0.29) is 0 Å². The molecule has 6 atom stereocenters. The molecule has 1 saturated heterocycles. The number of aliphatic hydroxyl groups is 4. The number of benzene rings is 2. The minimum Gasteiger partial charge on any atom is -0.497 e. The standard InChI is InChI=1S/C20H24O8/c1-10(11-3-4-13-8-14(26-2)6-5-12(13)7-11)19(25)28-20-18(24)17(23)16(22)15(9-21)27-20/h3-8,10,15-18,20-24H,9H2,1-2H3/t10-,15+,16+,17-,18+,20-/m0/s1. The van der Waals surface area contributed by atoms with Crippen molar-refractivity contribution >= 4 is 16.7 Å². The monoisotopic (exact) mass is 392 g/mol. The van der Waals surface area contributed by atoms with E-state index in [2.05, 4.69) is 0 Å². The Morgan fingerprint density at radius 3 is 2.43 bits per heavy atom. The van der Waals surface area contributed by atoms with E-state index >= 15 is 0 Å². The Hall–Kier alpha value is -2.23. The van der Waals surface area contributed by atoms with Crippen LogP contribution in [0.5, 0.6) is 5.75 Å². The van der Waals surface area contributed by atoms with Gasteiger partial charge in [-0.25, -0.2) is 0 Å². The average Bonchev–Trinajstić information content (AvgIpc) is 2.72. The fourth-order valence-corrected chi connectivity index (χ4v) is 3.16. The maximum absolute atomic E-state index is 12.5. The fourth-order valence-electron chi connectivity index (χ4n) is 3.16. The molecule has 8 heteroatoms. The Morgan fingerprint density at radius 2 is 1.75 bits per heavy atom. The van der Waals surface area contributed by atoms with Gasteiger partial charge in [0, 0.05) is 0 Å². The van der Waals surface area contributed by atoms with Gasteiger partial charge >= 0.3 is 5.97 Å². The van der Waals surface area contributed by atoms with Gasteiger partial charge in [0.05, 0.1) is 19.6 Å². The van der Waals surface area contributed by atoms with Crippen LogP contribution in [0, 0.1) is 0 Å². The van der Waals surface area contributed by atoms with Crippen LogP contribution in [0.25, 0.3) is 10.8 Å². The summed E-state index contributed by atoms with van der Waals surface area (Å²) in [7, 11) is 1.59. The average molecular weight is 392 g/mol. The molecule has 2 aromatic carbocycles. The molecule has 152 valence electrons. The lowest BCUT2D eigenvalue weighted by atomic mass is 9.97. The molecule has 1 aliphatic heterocycles. The van der Waals surface area contributed by atoms with Gasteiger partial charge in [-0.3, -0.25) is 4.79 Å². The second-order valence-electron chi connectivity index (χ2n) is 6.83. The fraction of sp³-hybridized carbons (Fsp3) is 0.450. The largest absolute Gasteiger partial charge is 0.497 e. The van der Waals surface area contributed by atoms with E-state index in [9.17, 15) is 25.2 Å². The highest BCUT2D eigenvalue weighted by molar-refractivity contribution is 5.86. The quantitative estimate of drug-likeness (QED) is 0.535.